The molecule has 1 saturated heterocycles. The minimum absolute atomic E-state index is 0.364. The summed E-state index contributed by atoms with van der Waals surface area (Å²) in [6, 6.07) is 0. The van der Waals surface area contributed by atoms with Crippen molar-refractivity contribution in [2.24, 2.45) is 0 Å². The lowest BCUT2D eigenvalue weighted by Gasteiger charge is -2.32. The molecule has 0 saturated carbocycles. The van der Waals surface area contributed by atoms with E-state index in [-0.39, 0.29) is 0 Å². The molecule has 108 valence electrons. The second-order valence-corrected chi connectivity index (χ2v) is 7.18. The second-order valence-electron chi connectivity index (χ2n) is 5.03. The predicted molar refractivity (Wildman–Crippen MR) is 74.1 cm³/mol. The van der Waals surface area contributed by atoms with Gasteiger partial charge in [0, 0.05) is 52.0 Å². The first kappa shape index (κ1) is 14.5. The van der Waals surface area contributed by atoms with Gasteiger partial charge in [0.05, 0.1) is 0 Å². The molecule has 1 aliphatic rings. The third-order valence-electron chi connectivity index (χ3n) is 3.70. The molecule has 0 spiro atoms. The molecular formula is C12H22N4O2S. The van der Waals surface area contributed by atoms with Gasteiger partial charge in [0.25, 0.3) is 10.2 Å². The highest BCUT2D eigenvalue weighted by Gasteiger charge is 2.31. The molecule has 0 aliphatic carbocycles. The number of hydrogen-bond acceptors (Lipinski definition) is 3. The Balaban J connectivity index is 2.04. The Morgan fingerprint density at radius 3 is 2.53 bits per heavy atom. The van der Waals surface area contributed by atoms with Crippen molar-refractivity contribution in [1.82, 2.24) is 18.2 Å². The van der Waals surface area contributed by atoms with Gasteiger partial charge >= 0.3 is 0 Å². The summed E-state index contributed by atoms with van der Waals surface area (Å²) in [6.45, 7) is 4.14. The monoisotopic (exact) mass is 286 g/mol. The minimum atomic E-state index is -3.27. The van der Waals surface area contributed by atoms with E-state index in [9.17, 15) is 8.42 Å². The highest BCUT2D eigenvalue weighted by molar-refractivity contribution is 7.86. The molecule has 1 fully saturated rings. The van der Waals surface area contributed by atoms with E-state index < -0.39 is 10.2 Å². The fourth-order valence-electron chi connectivity index (χ4n) is 2.52. The molecule has 0 amide bonds. The molecule has 19 heavy (non-hydrogen) atoms. The van der Waals surface area contributed by atoms with Gasteiger partial charge in [-0.3, -0.25) is 0 Å². The predicted octanol–water partition coefficient (Wildman–Crippen LogP) is 0.889. The number of hydrogen-bond donors (Lipinski definition) is 0. The molecule has 0 atom stereocenters. The Labute approximate surface area is 115 Å². The second kappa shape index (κ2) is 5.60. The summed E-state index contributed by atoms with van der Waals surface area (Å²) in [7, 11) is -0.119. The average Bonchev–Trinajstić information content (AvgIpc) is 2.87. The number of aryl methyl sites for hydroxylation is 1. The summed E-state index contributed by atoms with van der Waals surface area (Å²) in [4.78, 5) is 4.42. The number of imidazole rings is 1. The Morgan fingerprint density at radius 2 is 2.00 bits per heavy atom. The van der Waals surface area contributed by atoms with Crippen molar-refractivity contribution >= 4 is 10.2 Å². The van der Waals surface area contributed by atoms with Gasteiger partial charge in [-0.05, 0) is 19.8 Å². The maximum Gasteiger partial charge on any atom is 0.281 e. The first-order valence-corrected chi connectivity index (χ1v) is 8.05. The van der Waals surface area contributed by atoms with E-state index in [1.54, 1.807) is 18.4 Å². The average molecular weight is 286 g/mol. The third kappa shape index (κ3) is 2.82. The largest absolute Gasteiger partial charge is 0.335 e. The Bertz CT molecular complexity index is 516. The van der Waals surface area contributed by atoms with Crippen LogP contribution in [0.3, 0.4) is 0 Å². The van der Waals surface area contributed by atoms with Crippen LogP contribution in [0.25, 0.3) is 0 Å². The Morgan fingerprint density at radius 1 is 1.37 bits per heavy atom. The molecule has 0 N–H and O–H groups in total. The zero-order chi connectivity index (χ0) is 14.0. The van der Waals surface area contributed by atoms with Gasteiger partial charge < -0.3 is 4.57 Å². The lowest BCUT2D eigenvalue weighted by molar-refractivity contribution is 0.294. The molecule has 0 aromatic carbocycles. The van der Waals surface area contributed by atoms with Crippen LogP contribution in [-0.4, -0.2) is 53.8 Å². The highest BCUT2D eigenvalue weighted by Crippen LogP contribution is 2.28. The van der Waals surface area contributed by atoms with E-state index in [0.29, 0.717) is 19.0 Å². The molecular weight excluding hydrogens is 264 g/mol. The van der Waals surface area contributed by atoms with Crippen LogP contribution < -0.4 is 0 Å². The van der Waals surface area contributed by atoms with E-state index in [0.717, 1.165) is 25.2 Å². The first-order chi connectivity index (χ1) is 8.96. The van der Waals surface area contributed by atoms with Gasteiger partial charge in [-0.1, -0.05) is 0 Å². The summed E-state index contributed by atoms with van der Waals surface area (Å²) in [6.07, 6.45) is 5.48. The molecule has 2 heterocycles. The number of nitrogens with zero attached hydrogens (tertiary/aromatic N) is 4. The molecule has 2 rings (SSSR count). The quantitative estimate of drug-likeness (QED) is 0.826. The van der Waals surface area contributed by atoms with Gasteiger partial charge in [-0.2, -0.15) is 17.0 Å². The standard InChI is InChI=1S/C12H22N4O2S/c1-4-15-10-7-13-12(15)11-5-8-16(9-6-11)19(17,18)14(2)3/h7,10-11H,4-6,8-9H2,1-3H3. The van der Waals surface area contributed by atoms with Crippen molar-refractivity contribution in [3.8, 4) is 0 Å². The molecule has 7 heteroatoms. The van der Waals surface area contributed by atoms with E-state index >= 15 is 0 Å². The van der Waals surface area contributed by atoms with Gasteiger partial charge in [-0.25, -0.2) is 4.98 Å². The molecule has 1 aromatic rings. The summed E-state index contributed by atoms with van der Waals surface area (Å²) >= 11 is 0. The van der Waals surface area contributed by atoms with E-state index in [1.807, 2.05) is 12.4 Å². The SMILES string of the molecule is CCn1ccnc1C1CCN(S(=O)(=O)N(C)C)CC1. The van der Waals surface area contributed by atoms with Crippen LogP contribution in [0.1, 0.15) is 31.5 Å². The summed E-state index contributed by atoms with van der Waals surface area (Å²) in [5.74, 6) is 1.45. The Kier molecular flexibility index (Phi) is 4.27. The third-order valence-corrected chi connectivity index (χ3v) is 5.64. The van der Waals surface area contributed by atoms with Crippen LogP contribution in [0.15, 0.2) is 12.4 Å². The molecule has 6 nitrogen and oxygen atoms in total. The van der Waals surface area contributed by atoms with Crippen molar-refractivity contribution in [2.75, 3.05) is 27.2 Å². The minimum Gasteiger partial charge on any atom is -0.335 e. The van der Waals surface area contributed by atoms with E-state index in [2.05, 4.69) is 16.5 Å². The number of piperidine rings is 1. The van der Waals surface area contributed by atoms with Crippen molar-refractivity contribution < 1.29 is 8.42 Å². The maximum atomic E-state index is 12.0. The zero-order valence-corrected chi connectivity index (χ0v) is 12.6. The van der Waals surface area contributed by atoms with E-state index in [4.69, 9.17) is 0 Å². The fourth-order valence-corrected chi connectivity index (χ4v) is 3.66. The van der Waals surface area contributed by atoms with Crippen molar-refractivity contribution in [2.45, 2.75) is 32.2 Å². The smallest absolute Gasteiger partial charge is 0.281 e. The van der Waals surface area contributed by atoms with Gasteiger partial charge in [0.2, 0.25) is 0 Å². The van der Waals surface area contributed by atoms with Crippen LogP contribution >= 0.6 is 0 Å². The molecule has 1 aliphatic heterocycles. The maximum absolute atomic E-state index is 12.0. The van der Waals surface area contributed by atoms with Gasteiger partial charge in [0.1, 0.15) is 5.82 Å². The first-order valence-electron chi connectivity index (χ1n) is 6.65. The summed E-state index contributed by atoms with van der Waals surface area (Å²) < 4.78 is 29.0. The van der Waals surface area contributed by atoms with Crippen molar-refractivity contribution in [3.05, 3.63) is 18.2 Å². The van der Waals surface area contributed by atoms with Crippen molar-refractivity contribution in [3.63, 3.8) is 0 Å². The lowest BCUT2D eigenvalue weighted by Crippen LogP contribution is -2.44. The molecule has 0 radical (unpaired) electrons. The summed E-state index contributed by atoms with van der Waals surface area (Å²) in [5, 5.41) is 0. The van der Waals surface area contributed by atoms with Gasteiger partial charge in [-0.15, -0.1) is 0 Å². The van der Waals surface area contributed by atoms with Crippen LogP contribution in [0.4, 0.5) is 0 Å². The zero-order valence-electron chi connectivity index (χ0n) is 11.8. The molecule has 0 unspecified atom stereocenters. The molecule has 1 aromatic heterocycles. The normalized spacial score (nSPS) is 19.2. The number of rotatable bonds is 4. The van der Waals surface area contributed by atoms with Crippen LogP contribution in [0.5, 0.6) is 0 Å². The fraction of sp³-hybridized carbons (Fsp3) is 0.750. The Hall–Kier alpha value is -0.920. The van der Waals surface area contributed by atoms with Crippen LogP contribution in [-0.2, 0) is 16.8 Å². The van der Waals surface area contributed by atoms with Gasteiger partial charge in [0.15, 0.2) is 0 Å². The topological polar surface area (TPSA) is 58.4 Å². The van der Waals surface area contributed by atoms with E-state index in [1.165, 1.54) is 4.31 Å². The lowest BCUT2D eigenvalue weighted by atomic mass is 9.97. The van der Waals surface area contributed by atoms with Crippen LogP contribution in [0, 0.1) is 0 Å². The number of aromatic nitrogens is 2. The highest BCUT2D eigenvalue weighted by atomic mass is 32.2. The van der Waals surface area contributed by atoms with Crippen LogP contribution in [0.2, 0.25) is 0 Å². The molecule has 0 bridgehead atoms. The van der Waals surface area contributed by atoms with Crippen molar-refractivity contribution in [1.29, 1.82) is 0 Å². The summed E-state index contributed by atoms with van der Waals surface area (Å²) in [5.41, 5.74) is 0.